The molecule has 2 aliphatic heterocycles. The van der Waals surface area contributed by atoms with Gasteiger partial charge in [-0.1, -0.05) is 0 Å². The minimum absolute atomic E-state index is 0.00887. The van der Waals surface area contributed by atoms with Gasteiger partial charge in [-0.15, -0.1) is 0 Å². The van der Waals surface area contributed by atoms with Gasteiger partial charge in [-0.2, -0.15) is 0 Å². The summed E-state index contributed by atoms with van der Waals surface area (Å²) in [5.74, 6) is -0.127. The number of carbonyl (C=O) groups is 1. The predicted octanol–water partition coefficient (Wildman–Crippen LogP) is -0.512. The number of nitrogens with zero attached hydrogens (tertiary/aromatic N) is 2. The number of hydrogen-bond donors (Lipinski definition) is 0. The Hall–Kier alpha value is -0.370. The number of amides is 1. The van der Waals surface area contributed by atoms with E-state index in [1.54, 1.807) is 4.90 Å². The summed E-state index contributed by atoms with van der Waals surface area (Å²) in [6.45, 7) is 4.68. The molecule has 1 unspecified atom stereocenters. The van der Waals surface area contributed by atoms with Crippen LogP contribution in [0.5, 0.6) is 0 Å². The third-order valence-electron chi connectivity index (χ3n) is 3.37. The fourth-order valence-electron chi connectivity index (χ4n) is 2.23. The number of morpholine rings is 1. The average molecular weight is 297 g/mol. The van der Waals surface area contributed by atoms with Gasteiger partial charge in [-0.3, -0.25) is 9.69 Å². The molecule has 0 spiro atoms. The maximum atomic E-state index is 11.7. The minimum atomic E-state index is -3.64. The number of halogens is 1. The molecule has 2 saturated heterocycles. The lowest BCUT2D eigenvalue weighted by molar-refractivity contribution is -0.127. The lowest BCUT2D eigenvalue weighted by Crippen LogP contribution is -2.42. The van der Waals surface area contributed by atoms with E-state index in [-0.39, 0.29) is 18.9 Å². The molecule has 1 amide bonds. The van der Waals surface area contributed by atoms with Gasteiger partial charge in [0.25, 0.3) is 0 Å². The highest BCUT2D eigenvalue weighted by atomic mass is 35.7. The molecule has 0 bridgehead atoms. The molecule has 2 heterocycles. The summed E-state index contributed by atoms with van der Waals surface area (Å²) in [6.07, 6.45) is 0.00887. The summed E-state index contributed by atoms with van der Waals surface area (Å²) < 4.78 is 27.6. The van der Waals surface area contributed by atoms with Gasteiger partial charge in [-0.25, -0.2) is 8.42 Å². The Morgan fingerprint density at radius 2 is 1.94 bits per heavy atom. The monoisotopic (exact) mass is 296 g/mol. The first kappa shape index (κ1) is 14.0. The Morgan fingerprint density at radius 3 is 2.50 bits per heavy atom. The second kappa shape index (κ2) is 5.73. The van der Waals surface area contributed by atoms with Gasteiger partial charge in [0.15, 0.2) is 0 Å². The van der Waals surface area contributed by atoms with Crippen molar-refractivity contribution in [3.05, 3.63) is 0 Å². The van der Waals surface area contributed by atoms with E-state index in [1.165, 1.54) is 0 Å². The fourth-order valence-corrected chi connectivity index (χ4v) is 3.29. The Morgan fingerprint density at radius 1 is 1.28 bits per heavy atom. The number of hydrogen-bond acceptors (Lipinski definition) is 5. The van der Waals surface area contributed by atoms with E-state index in [1.807, 2.05) is 0 Å². The van der Waals surface area contributed by atoms with E-state index < -0.39 is 14.3 Å². The largest absolute Gasteiger partial charge is 0.379 e. The first-order valence-electron chi connectivity index (χ1n) is 5.98. The predicted molar refractivity (Wildman–Crippen MR) is 67.0 cm³/mol. The van der Waals surface area contributed by atoms with Crippen molar-refractivity contribution in [1.29, 1.82) is 0 Å². The standard InChI is InChI=1S/C10H17ClN2O4S/c11-18(15,16)9-7-10(14)13(8-9)2-1-12-3-5-17-6-4-12/h9H,1-8H2. The van der Waals surface area contributed by atoms with Gasteiger partial charge in [0.05, 0.1) is 13.2 Å². The molecule has 1 atom stereocenters. The highest BCUT2D eigenvalue weighted by Gasteiger charge is 2.37. The van der Waals surface area contributed by atoms with Crippen LogP contribution in [0.2, 0.25) is 0 Å². The van der Waals surface area contributed by atoms with Gasteiger partial charge in [0, 0.05) is 49.8 Å². The lowest BCUT2D eigenvalue weighted by Gasteiger charge is -2.28. The Kier molecular flexibility index (Phi) is 4.47. The van der Waals surface area contributed by atoms with Crippen LogP contribution in [0.25, 0.3) is 0 Å². The molecule has 2 aliphatic rings. The highest BCUT2D eigenvalue weighted by molar-refractivity contribution is 8.14. The molecule has 2 fully saturated rings. The molecule has 0 saturated carbocycles. The van der Waals surface area contributed by atoms with Crippen LogP contribution in [-0.2, 0) is 18.6 Å². The SMILES string of the molecule is O=C1CC(S(=O)(=O)Cl)CN1CCN1CCOCC1. The van der Waals surface area contributed by atoms with E-state index in [4.69, 9.17) is 15.4 Å². The number of carbonyl (C=O) groups excluding carboxylic acids is 1. The van der Waals surface area contributed by atoms with Crippen molar-refractivity contribution in [2.24, 2.45) is 0 Å². The molecule has 18 heavy (non-hydrogen) atoms. The van der Waals surface area contributed by atoms with Crippen LogP contribution in [0, 0.1) is 0 Å². The van der Waals surface area contributed by atoms with Gasteiger partial charge in [-0.05, 0) is 0 Å². The maximum Gasteiger partial charge on any atom is 0.237 e. The van der Waals surface area contributed by atoms with Crippen LogP contribution < -0.4 is 0 Å². The molecule has 6 nitrogen and oxygen atoms in total. The summed E-state index contributed by atoms with van der Waals surface area (Å²) in [6, 6.07) is 0. The molecule has 0 aliphatic carbocycles. The second-order valence-corrected chi connectivity index (χ2v) is 7.50. The second-order valence-electron chi connectivity index (χ2n) is 4.60. The van der Waals surface area contributed by atoms with Crippen molar-refractivity contribution in [1.82, 2.24) is 9.80 Å². The minimum Gasteiger partial charge on any atom is -0.379 e. The van der Waals surface area contributed by atoms with Gasteiger partial charge in [0.2, 0.25) is 15.0 Å². The van der Waals surface area contributed by atoms with E-state index >= 15 is 0 Å². The van der Waals surface area contributed by atoms with Gasteiger partial charge < -0.3 is 9.64 Å². The van der Waals surface area contributed by atoms with Crippen LogP contribution in [0.15, 0.2) is 0 Å². The molecule has 0 aromatic rings. The van der Waals surface area contributed by atoms with E-state index in [9.17, 15) is 13.2 Å². The van der Waals surface area contributed by atoms with E-state index in [0.717, 1.165) is 19.6 Å². The summed E-state index contributed by atoms with van der Waals surface area (Å²) >= 11 is 0. The highest BCUT2D eigenvalue weighted by Crippen LogP contribution is 2.20. The zero-order valence-corrected chi connectivity index (χ0v) is 11.6. The summed E-state index contributed by atoms with van der Waals surface area (Å²) in [5.41, 5.74) is 0. The molecule has 0 aromatic heterocycles. The van der Waals surface area contributed by atoms with Crippen molar-refractivity contribution in [3.63, 3.8) is 0 Å². The summed E-state index contributed by atoms with van der Waals surface area (Å²) in [4.78, 5) is 15.5. The summed E-state index contributed by atoms with van der Waals surface area (Å²) in [5, 5.41) is -0.753. The Bertz CT molecular complexity index is 408. The molecule has 0 N–H and O–H groups in total. The van der Waals surface area contributed by atoms with Crippen LogP contribution in [-0.4, -0.2) is 75.3 Å². The van der Waals surface area contributed by atoms with Crippen molar-refractivity contribution >= 4 is 25.6 Å². The number of ether oxygens (including phenoxy) is 1. The van der Waals surface area contributed by atoms with Crippen molar-refractivity contribution in [3.8, 4) is 0 Å². The van der Waals surface area contributed by atoms with Gasteiger partial charge in [0.1, 0.15) is 5.25 Å². The average Bonchev–Trinajstić information content (AvgIpc) is 2.69. The third kappa shape index (κ3) is 3.57. The van der Waals surface area contributed by atoms with Crippen LogP contribution in [0.1, 0.15) is 6.42 Å². The zero-order valence-electron chi connectivity index (χ0n) is 10.0. The van der Waals surface area contributed by atoms with Crippen LogP contribution >= 0.6 is 10.7 Å². The van der Waals surface area contributed by atoms with Crippen molar-refractivity contribution in [2.75, 3.05) is 45.9 Å². The van der Waals surface area contributed by atoms with E-state index in [2.05, 4.69) is 4.90 Å². The van der Waals surface area contributed by atoms with Crippen molar-refractivity contribution in [2.45, 2.75) is 11.7 Å². The normalized spacial score (nSPS) is 26.8. The Labute approximate surface area is 111 Å². The molecule has 8 heteroatoms. The summed E-state index contributed by atoms with van der Waals surface area (Å²) in [7, 11) is 1.65. The lowest BCUT2D eigenvalue weighted by atomic mass is 10.4. The molecule has 0 radical (unpaired) electrons. The molecule has 104 valence electrons. The smallest absolute Gasteiger partial charge is 0.237 e. The van der Waals surface area contributed by atoms with Crippen LogP contribution in [0.4, 0.5) is 0 Å². The van der Waals surface area contributed by atoms with E-state index in [0.29, 0.717) is 19.8 Å². The molecule has 2 rings (SSSR count). The zero-order chi connectivity index (χ0) is 13.2. The maximum absolute atomic E-state index is 11.7. The number of likely N-dealkylation sites (tertiary alicyclic amines) is 1. The first-order valence-corrected chi connectivity index (χ1v) is 8.35. The third-order valence-corrected chi connectivity index (χ3v) is 5.23. The molecular formula is C10H17ClN2O4S. The number of rotatable bonds is 4. The molecule has 0 aromatic carbocycles. The quantitative estimate of drug-likeness (QED) is 0.654. The van der Waals surface area contributed by atoms with Crippen LogP contribution in [0.3, 0.4) is 0 Å². The topological polar surface area (TPSA) is 66.9 Å². The van der Waals surface area contributed by atoms with Crippen molar-refractivity contribution < 1.29 is 17.9 Å². The Balaban J connectivity index is 1.81. The first-order chi connectivity index (χ1) is 8.47. The van der Waals surface area contributed by atoms with Gasteiger partial charge >= 0.3 is 0 Å². The molecular weight excluding hydrogens is 280 g/mol. The fraction of sp³-hybridized carbons (Fsp3) is 0.900.